The van der Waals surface area contributed by atoms with Gasteiger partial charge >= 0.3 is 0 Å². The van der Waals surface area contributed by atoms with Gasteiger partial charge in [0.25, 0.3) is 0 Å². The van der Waals surface area contributed by atoms with E-state index in [-0.39, 0.29) is 0 Å². The van der Waals surface area contributed by atoms with Gasteiger partial charge in [-0.15, -0.1) is 0 Å². The first-order valence-electron chi connectivity index (χ1n) is 21.3. The van der Waals surface area contributed by atoms with E-state index in [1.807, 2.05) is 0 Å². The van der Waals surface area contributed by atoms with Crippen LogP contribution in [0.1, 0.15) is 0 Å². The molecular formula is C60H42N2. The fourth-order valence-corrected chi connectivity index (χ4v) is 9.09. The van der Waals surface area contributed by atoms with Crippen molar-refractivity contribution in [3.63, 3.8) is 0 Å². The van der Waals surface area contributed by atoms with Gasteiger partial charge in [0.05, 0.1) is 28.1 Å². The number of nitrogens with zero attached hydrogens (tertiary/aromatic N) is 2. The SMILES string of the molecule is c1ccc(-c2ccc(-c3ccc(N(c4ccccc4-c4cccc(-c5ccccc5)c4)c4cccc5c4c4ccccc4n5-c4ccccc4)c(-c4ccccc4)c3)cc2)cc1. The maximum Gasteiger partial charge on any atom is 0.0562 e. The standard InChI is InChI=1S/C60H42N2/c1-5-19-43(20-6-1)45-35-37-46(38-36-45)49-39-40-57(54(42-49)47-23-9-3-10-24-47)62(55-31-15-13-29-52(55)50-26-17-25-48(41-50)44-21-7-2-8-22-44)59-34-18-33-58-60(59)53-30-14-16-32-56(53)61(58)51-27-11-4-12-28-51/h1-42H. The highest BCUT2D eigenvalue weighted by atomic mass is 15.2. The second kappa shape index (κ2) is 16.1. The molecule has 0 amide bonds. The van der Waals surface area contributed by atoms with Crippen molar-refractivity contribution in [3.05, 3.63) is 255 Å². The maximum absolute atomic E-state index is 2.51. The predicted octanol–water partition coefficient (Wildman–Crippen LogP) is 16.6. The van der Waals surface area contributed by atoms with Crippen LogP contribution in [0.3, 0.4) is 0 Å². The van der Waals surface area contributed by atoms with Crippen molar-refractivity contribution < 1.29 is 0 Å². The number of aromatic nitrogens is 1. The van der Waals surface area contributed by atoms with E-state index >= 15 is 0 Å². The van der Waals surface area contributed by atoms with Crippen LogP contribution in [0.5, 0.6) is 0 Å². The molecule has 292 valence electrons. The van der Waals surface area contributed by atoms with Crippen LogP contribution in [0.15, 0.2) is 255 Å². The van der Waals surface area contributed by atoms with Gasteiger partial charge in [-0.1, -0.05) is 200 Å². The average molecular weight is 791 g/mol. The van der Waals surface area contributed by atoms with Gasteiger partial charge < -0.3 is 9.47 Å². The average Bonchev–Trinajstić information content (AvgIpc) is 3.70. The fourth-order valence-electron chi connectivity index (χ4n) is 9.09. The zero-order valence-corrected chi connectivity index (χ0v) is 34.1. The van der Waals surface area contributed by atoms with Crippen LogP contribution in [0.25, 0.3) is 83.1 Å². The molecule has 0 aliphatic heterocycles. The molecule has 0 spiro atoms. The second-order valence-electron chi connectivity index (χ2n) is 15.7. The molecule has 0 unspecified atom stereocenters. The maximum atomic E-state index is 2.51. The van der Waals surface area contributed by atoms with Gasteiger partial charge in [-0.05, 0) is 99.1 Å². The number of hydrogen-bond donors (Lipinski definition) is 0. The summed E-state index contributed by atoms with van der Waals surface area (Å²) in [7, 11) is 0. The molecule has 0 aliphatic rings. The zero-order chi connectivity index (χ0) is 41.2. The lowest BCUT2D eigenvalue weighted by Crippen LogP contribution is -2.13. The Balaban J connectivity index is 1.18. The summed E-state index contributed by atoms with van der Waals surface area (Å²) >= 11 is 0. The smallest absolute Gasteiger partial charge is 0.0562 e. The van der Waals surface area contributed by atoms with Crippen molar-refractivity contribution in [1.29, 1.82) is 0 Å². The lowest BCUT2D eigenvalue weighted by Gasteiger charge is -2.31. The molecule has 1 aromatic heterocycles. The van der Waals surface area contributed by atoms with Gasteiger partial charge in [0.15, 0.2) is 0 Å². The molecule has 0 aliphatic carbocycles. The number of hydrogen-bond acceptors (Lipinski definition) is 1. The molecule has 1 heterocycles. The Bertz CT molecular complexity index is 3310. The minimum Gasteiger partial charge on any atom is -0.309 e. The van der Waals surface area contributed by atoms with E-state index in [1.165, 1.54) is 44.1 Å². The first-order chi connectivity index (χ1) is 30.8. The summed E-state index contributed by atoms with van der Waals surface area (Å²) in [6.07, 6.45) is 0. The Morgan fingerprint density at radius 2 is 0.710 bits per heavy atom. The predicted molar refractivity (Wildman–Crippen MR) is 263 cm³/mol. The van der Waals surface area contributed by atoms with Gasteiger partial charge in [-0.25, -0.2) is 0 Å². The van der Waals surface area contributed by atoms with Gasteiger partial charge in [0.2, 0.25) is 0 Å². The van der Waals surface area contributed by atoms with Crippen LogP contribution in [-0.2, 0) is 0 Å². The van der Waals surface area contributed by atoms with Crippen molar-refractivity contribution in [3.8, 4) is 61.3 Å². The topological polar surface area (TPSA) is 8.17 Å². The van der Waals surface area contributed by atoms with Crippen molar-refractivity contribution in [2.75, 3.05) is 4.90 Å². The number of rotatable bonds is 9. The largest absolute Gasteiger partial charge is 0.309 e. The molecule has 11 aromatic rings. The zero-order valence-electron chi connectivity index (χ0n) is 34.1. The Kier molecular flexibility index (Phi) is 9.57. The van der Waals surface area contributed by atoms with E-state index in [2.05, 4.69) is 264 Å². The summed E-state index contributed by atoms with van der Waals surface area (Å²) in [4.78, 5) is 2.51. The van der Waals surface area contributed by atoms with Crippen LogP contribution in [-0.4, -0.2) is 4.57 Å². The number of para-hydroxylation sites is 3. The Morgan fingerprint density at radius 3 is 1.44 bits per heavy atom. The molecule has 0 radical (unpaired) electrons. The third-order valence-electron chi connectivity index (χ3n) is 12.0. The quantitative estimate of drug-likeness (QED) is 0.141. The lowest BCUT2D eigenvalue weighted by molar-refractivity contribution is 1.18. The lowest BCUT2D eigenvalue weighted by atomic mass is 9.93. The Labute approximate surface area is 362 Å². The molecule has 11 rings (SSSR count). The monoisotopic (exact) mass is 790 g/mol. The molecule has 0 fully saturated rings. The molecule has 0 bridgehead atoms. The van der Waals surface area contributed by atoms with E-state index in [9.17, 15) is 0 Å². The summed E-state index contributed by atoms with van der Waals surface area (Å²) < 4.78 is 2.40. The highest BCUT2D eigenvalue weighted by molar-refractivity contribution is 6.17. The van der Waals surface area contributed by atoms with Gasteiger partial charge in [-0.2, -0.15) is 0 Å². The van der Waals surface area contributed by atoms with E-state index < -0.39 is 0 Å². The molecular weight excluding hydrogens is 749 g/mol. The summed E-state index contributed by atoms with van der Waals surface area (Å²) in [5.41, 5.74) is 18.5. The first-order valence-corrected chi connectivity index (χ1v) is 21.3. The summed E-state index contributed by atoms with van der Waals surface area (Å²) in [6.45, 7) is 0. The van der Waals surface area contributed by atoms with Gasteiger partial charge in [-0.3, -0.25) is 0 Å². The highest BCUT2D eigenvalue weighted by Gasteiger charge is 2.25. The van der Waals surface area contributed by atoms with Gasteiger partial charge in [0, 0.05) is 27.6 Å². The summed E-state index contributed by atoms with van der Waals surface area (Å²) in [5.74, 6) is 0. The van der Waals surface area contributed by atoms with Gasteiger partial charge in [0.1, 0.15) is 0 Å². The van der Waals surface area contributed by atoms with E-state index in [1.54, 1.807) is 0 Å². The number of anilines is 3. The molecule has 0 atom stereocenters. The Morgan fingerprint density at radius 1 is 0.258 bits per heavy atom. The number of fused-ring (bicyclic) bond motifs is 3. The van der Waals surface area contributed by atoms with Crippen molar-refractivity contribution >= 4 is 38.9 Å². The van der Waals surface area contributed by atoms with E-state index in [0.717, 1.165) is 56.1 Å². The highest BCUT2D eigenvalue weighted by Crippen LogP contribution is 2.49. The molecule has 62 heavy (non-hydrogen) atoms. The fraction of sp³-hybridized carbons (Fsp3) is 0. The van der Waals surface area contributed by atoms with Crippen LogP contribution in [0.4, 0.5) is 17.1 Å². The van der Waals surface area contributed by atoms with Crippen molar-refractivity contribution in [1.82, 2.24) is 4.57 Å². The van der Waals surface area contributed by atoms with Crippen LogP contribution in [0.2, 0.25) is 0 Å². The minimum atomic E-state index is 1.09. The van der Waals surface area contributed by atoms with Crippen LogP contribution in [0, 0.1) is 0 Å². The van der Waals surface area contributed by atoms with Crippen LogP contribution >= 0.6 is 0 Å². The molecule has 2 heteroatoms. The van der Waals surface area contributed by atoms with E-state index in [0.29, 0.717) is 0 Å². The molecule has 2 nitrogen and oxygen atoms in total. The normalized spacial score (nSPS) is 11.2. The second-order valence-corrected chi connectivity index (χ2v) is 15.7. The molecule has 10 aromatic carbocycles. The van der Waals surface area contributed by atoms with Crippen LogP contribution < -0.4 is 4.90 Å². The first kappa shape index (κ1) is 36.8. The van der Waals surface area contributed by atoms with Crippen molar-refractivity contribution in [2.24, 2.45) is 0 Å². The third kappa shape index (κ3) is 6.74. The molecule has 0 saturated heterocycles. The molecule has 0 N–H and O–H groups in total. The summed E-state index contributed by atoms with van der Waals surface area (Å²) in [5, 5.41) is 2.39. The van der Waals surface area contributed by atoms with E-state index in [4.69, 9.17) is 0 Å². The minimum absolute atomic E-state index is 1.09. The number of benzene rings is 10. The summed E-state index contributed by atoms with van der Waals surface area (Å²) in [6, 6.07) is 92.2. The van der Waals surface area contributed by atoms with Crippen molar-refractivity contribution in [2.45, 2.75) is 0 Å². The third-order valence-corrected chi connectivity index (χ3v) is 12.0. The molecule has 0 saturated carbocycles. The Hall–Kier alpha value is -8.20.